The van der Waals surface area contributed by atoms with Gasteiger partial charge in [0.25, 0.3) is 5.91 Å². The Morgan fingerprint density at radius 2 is 1.73 bits per heavy atom. The van der Waals surface area contributed by atoms with E-state index in [1.807, 2.05) is 0 Å². The van der Waals surface area contributed by atoms with Crippen LogP contribution in [0.3, 0.4) is 0 Å². The molecule has 1 atom stereocenters. The number of hydrogen-bond donors (Lipinski definition) is 2. The van der Waals surface area contributed by atoms with E-state index >= 15 is 0 Å². The lowest BCUT2D eigenvalue weighted by atomic mass is 9.94. The molecule has 1 aromatic heterocycles. The summed E-state index contributed by atoms with van der Waals surface area (Å²) in [4.78, 5) is 24.8. The number of aromatic hydroxyl groups is 1. The van der Waals surface area contributed by atoms with Gasteiger partial charge in [-0.1, -0.05) is 6.92 Å². The fourth-order valence-electron chi connectivity index (χ4n) is 3.58. The van der Waals surface area contributed by atoms with Gasteiger partial charge in [0, 0.05) is 22.7 Å². The molecule has 3 rings (SSSR count). The summed E-state index contributed by atoms with van der Waals surface area (Å²) in [5.41, 5.74) is -0.569. The minimum Gasteiger partial charge on any atom is -0.505 e. The lowest BCUT2D eigenvalue weighted by Crippen LogP contribution is -2.16. The molecule has 3 aromatic rings. The maximum absolute atomic E-state index is 14.0. The molecule has 0 radical (unpaired) electrons. The Labute approximate surface area is 168 Å². The van der Waals surface area contributed by atoms with Crippen molar-refractivity contribution < 1.29 is 37.4 Å². The van der Waals surface area contributed by atoms with E-state index in [1.54, 1.807) is 6.92 Å². The number of aliphatic carboxylic acids is 1. The second kappa shape index (κ2) is 7.47. The number of phenolic OH excluding ortho intramolecular Hbond substituents is 1. The average molecular weight is 423 g/mol. The molecule has 2 aromatic carbocycles. The number of carbonyl (C=O) groups is 2. The molecule has 0 saturated heterocycles. The molecule has 2 N–H and O–H groups in total. The van der Waals surface area contributed by atoms with Crippen molar-refractivity contribution in [3.63, 3.8) is 0 Å². The van der Waals surface area contributed by atoms with E-state index in [2.05, 4.69) is 0 Å². The number of benzene rings is 2. The monoisotopic (exact) mass is 423 g/mol. The summed E-state index contributed by atoms with van der Waals surface area (Å²) < 4.78 is 53.5. The molecule has 0 amide bonds. The van der Waals surface area contributed by atoms with Gasteiger partial charge in [0.15, 0.2) is 11.6 Å². The highest BCUT2D eigenvalue weighted by atomic mass is 19.4. The Morgan fingerprint density at radius 1 is 1.13 bits per heavy atom. The van der Waals surface area contributed by atoms with Gasteiger partial charge < -0.3 is 10.2 Å². The quantitative estimate of drug-likeness (QED) is 0.574. The van der Waals surface area contributed by atoms with Crippen LogP contribution in [-0.2, 0) is 11.0 Å². The van der Waals surface area contributed by atoms with Crippen LogP contribution in [0.2, 0.25) is 0 Å². The van der Waals surface area contributed by atoms with E-state index in [0.29, 0.717) is 0 Å². The normalized spacial score (nSPS) is 12.9. The van der Waals surface area contributed by atoms with Crippen LogP contribution in [0, 0.1) is 12.7 Å². The van der Waals surface area contributed by atoms with Crippen LogP contribution in [0.25, 0.3) is 10.9 Å². The molecule has 1 heterocycles. The summed E-state index contributed by atoms with van der Waals surface area (Å²) in [6.45, 7) is 3.10. The Balaban J connectivity index is 2.25. The van der Waals surface area contributed by atoms with Gasteiger partial charge >= 0.3 is 12.1 Å². The zero-order valence-corrected chi connectivity index (χ0v) is 15.9. The third-order valence-electron chi connectivity index (χ3n) is 5.04. The van der Waals surface area contributed by atoms with E-state index in [0.717, 1.165) is 41.0 Å². The Bertz CT molecular complexity index is 1150. The van der Waals surface area contributed by atoms with Crippen LogP contribution >= 0.6 is 0 Å². The molecule has 1 unspecified atom stereocenters. The van der Waals surface area contributed by atoms with Crippen molar-refractivity contribution >= 4 is 22.8 Å². The van der Waals surface area contributed by atoms with Gasteiger partial charge in [0.05, 0.1) is 17.0 Å². The van der Waals surface area contributed by atoms with Crippen molar-refractivity contribution in [3.05, 3.63) is 64.6 Å². The molecule has 0 bridgehead atoms. The van der Waals surface area contributed by atoms with Crippen LogP contribution in [-0.4, -0.2) is 26.7 Å². The van der Waals surface area contributed by atoms with Crippen molar-refractivity contribution in [2.75, 3.05) is 0 Å². The smallest absolute Gasteiger partial charge is 0.416 e. The van der Waals surface area contributed by atoms with Crippen molar-refractivity contribution in [3.8, 4) is 5.75 Å². The average Bonchev–Trinajstić information content (AvgIpc) is 2.93. The molecule has 0 saturated carbocycles. The maximum Gasteiger partial charge on any atom is 0.416 e. The zero-order valence-electron chi connectivity index (χ0n) is 15.9. The van der Waals surface area contributed by atoms with E-state index in [4.69, 9.17) is 0 Å². The van der Waals surface area contributed by atoms with Gasteiger partial charge in [-0.25, -0.2) is 4.39 Å². The van der Waals surface area contributed by atoms with Crippen LogP contribution in [0.4, 0.5) is 17.6 Å². The number of phenols is 1. The molecule has 30 heavy (non-hydrogen) atoms. The number of carbonyl (C=O) groups excluding carboxylic acids is 1. The second-order valence-electron chi connectivity index (χ2n) is 6.83. The number of fused-ring (bicyclic) bond motifs is 1. The predicted molar refractivity (Wildman–Crippen MR) is 100 cm³/mol. The van der Waals surface area contributed by atoms with Gasteiger partial charge in [-0.15, -0.1) is 0 Å². The van der Waals surface area contributed by atoms with Crippen LogP contribution < -0.4 is 0 Å². The molecule has 0 aliphatic heterocycles. The third kappa shape index (κ3) is 3.51. The first kappa shape index (κ1) is 21.4. The lowest BCUT2D eigenvalue weighted by Gasteiger charge is -2.12. The molecular weight excluding hydrogens is 406 g/mol. The minimum atomic E-state index is -4.57. The fourth-order valence-corrected chi connectivity index (χ4v) is 3.58. The van der Waals surface area contributed by atoms with Gasteiger partial charge in [0.1, 0.15) is 0 Å². The SMILES string of the molecule is CCC(C(=O)O)c1c(C)n(C(=O)c2ccc(C(F)(F)F)cc2)c2cc(F)c(O)cc12. The Kier molecular flexibility index (Phi) is 5.32. The Hall–Kier alpha value is -3.36. The van der Waals surface area contributed by atoms with Gasteiger partial charge in [0.2, 0.25) is 0 Å². The number of halogens is 4. The largest absolute Gasteiger partial charge is 0.505 e. The number of hydrogen-bond acceptors (Lipinski definition) is 3. The molecule has 0 fully saturated rings. The highest BCUT2D eigenvalue weighted by molar-refractivity contribution is 6.05. The first-order valence-corrected chi connectivity index (χ1v) is 8.95. The second-order valence-corrected chi connectivity index (χ2v) is 6.83. The summed E-state index contributed by atoms with van der Waals surface area (Å²) in [5.74, 6) is -4.66. The number of aromatic nitrogens is 1. The molecule has 5 nitrogen and oxygen atoms in total. The molecule has 0 spiro atoms. The molecule has 158 valence electrons. The maximum atomic E-state index is 14.0. The number of nitrogens with zero attached hydrogens (tertiary/aromatic N) is 1. The van der Waals surface area contributed by atoms with Crippen LogP contribution in [0.5, 0.6) is 5.75 Å². The topological polar surface area (TPSA) is 79.5 Å². The summed E-state index contributed by atoms with van der Waals surface area (Å²) in [7, 11) is 0. The van der Waals surface area contributed by atoms with Gasteiger partial charge in [-0.3, -0.25) is 14.2 Å². The molecule has 9 heteroatoms. The lowest BCUT2D eigenvalue weighted by molar-refractivity contribution is -0.139. The highest BCUT2D eigenvalue weighted by Crippen LogP contribution is 2.37. The van der Waals surface area contributed by atoms with Crippen molar-refractivity contribution in [1.82, 2.24) is 4.57 Å². The zero-order chi connectivity index (χ0) is 22.4. The van der Waals surface area contributed by atoms with Crippen molar-refractivity contribution in [1.29, 1.82) is 0 Å². The molecule has 0 aliphatic carbocycles. The van der Waals surface area contributed by atoms with Crippen molar-refractivity contribution in [2.24, 2.45) is 0 Å². The first-order valence-electron chi connectivity index (χ1n) is 8.95. The van der Waals surface area contributed by atoms with E-state index in [1.165, 1.54) is 6.92 Å². The fraction of sp³-hybridized carbons (Fsp3) is 0.238. The first-order chi connectivity index (χ1) is 14.0. The van der Waals surface area contributed by atoms with Crippen LogP contribution in [0.15, 0.2) is 36.4 Å². The number of alkyl halides is 3. The molecular formula is C21H17F4NO4. The van der Waals surface area contributed by atoms with Gasteiger partial charge in [-0.05, 0) is 49.2 Å². The van der Waals surface area contributed by atoms with Crippen molar-refractivity contribution in [2.45, 2.75) is 32.4 Å². The summed E-state index contributed by atoms with van der Waals surface area (Å²) in [6, 6.07) is 5.47. The number of rotatable bonds is 4. The number of carboxylic acid groups (broad SMARTS) is 1. The summed E-state index contributed by atoms with van der Waals surface area (Å²) in [5, 5.41) is 19.5. The van der Waals surface area contributed by atoms with Crippen LogP contribution in [0.1, 0.15) is 46.4 Å². The standard InChI is InChI=1S/C21H17F4NO4/c1-3-13(20(29)30)18-10(2)26(16-9-15(22)17(27)8-14(16)18)19(28)11-4-6-12(7-5-11)21(23,24)25/h4-9,13,27H,3H2,1-2H3,(H,29,30). The third-order valence-corrected chi connectivity index (χ3v) is 5.04. The van der Waals surface area contributed by atoms with E-state index < -0.39 is 41.1 Å². The Morgan fingerprint density at radius 3 is 2.23 bits per heavy atom. The van der Waals surface area contributed by atoms with E-state index in [9.17, 15) is 37.4 Å². The van der Waals surface area contributed by atoms with Gasteiger partial charge in [-0.2, -0.15) is 13.2 Å². The summed E-state index contributed by atoms with van der Waals surface area (Å²) in [6.07, 6.45) is -4.40. The number of carboxylic acids is 1. The highest BCUT2D eigenvalue weighted by Gasteiger charge is 2.31. The minimum absolute atomic E-state index is 0.0161. The predicted octanol–water partition coefficient (Wildman–Crippen LogP) is 5.08. The summed E-state index contributed by atoms with van der Waals surface area (Å²) >= 11 is 0. The molecule has 0 aliphatic rings. The van der Waals surface area contributed by atoms with E-state index in [-0.39, 0.29) is 34.1 Å².